The highest BCUT2D eigenvalue weighted by Gasteiger charge is 1.79. The van der Waals surface area contributed by atoms with Crippen LogP contribution in [0.5, 0.6) is 0 Å². The lowest BCUT2D eigenvalue weighted by molar-refractivity contribution is -0.623. The van der Waals surface area contributed by atoms with Gasteiger partial charge in [-0.15, -0.1) is 0 Å². The van der Waals surface area contributed by atoms with E-state index in [1.54, 1.807) is 0 Å². The molecule has 0 heterocycles. The lowest BCUT2D eigenvalue weighted by Crippen LogP contribution is -2.78. The zero-order valence-electron chi connectivity index (χ0n) is 6.33. The SMILES string of the molecule is CC[NH2+]C.COS(=O)(=O)[O-]. The minimum Gasteiger partial charge on any atom is -0.726 e. The third-order valence-corrected chi connectivity index (χ3v) is 1.02. The lowest BCUT2D eigenvalue weighted by atomic mass is 10.8. The molecule has 0 saturated carbocycles. The molecule has 10 heavy (non-hydrogen) atoms. The van der Waals surface area contributed by atoms with Gasteiger partial charge in [-0.25, -0.2) is 8.42 Å². The smallest absolute Gasteiger partial charge is 0.217 e. The third kappa shape index (κ3) is 24.9. The van der Waals surface area contributed by atoms with E-state index in [1.807, 2.05) is 0 Å². The zero-order chi connectivity index (χ0) is 8.62. The Morgan fingerprint density at radius 1 is 1.60 bits per heavy atom. The van der Waals surface area contributed by atoms with Crippen LogP contribution < -0.4 is 5.32 Å². The summed E-state index contributed by atoms with van der Waals surface area (Å²) in [5.74, 6) is 0. The molecule has 0 aromatic heterocycles. The van der Waals surface area contributed by atoms with Gasteiger partial charge in [0.05, 0.1) is 20.7 Å². The topological polar surface area (TPSA) is 83.0 Å². The van der Waals surface area contributed by atoms with Crippen molar-refractivity contribution in [1.29, 1.82) is 0 Å². The molecule has 64 valence electrons. The number of hydrogen-bond donors (Lipinski definition) is 1. The Bertz CT molecular complexity index is 139. The van der Waals surface area contributed by atoms with Crippen molar-refractivity contribution in [2.24, 2.45) is 0 Å². The van der Waals surface area contributed by atoms with E-state index in [4.69, 9.17) is 0 Å². The van der Waals surface area contributed by atoms with Crippen molar-refractivity contribution in [2.75, 3.05) is 20.7 Å². The van der Waals surface area contributed by atoms with Crippen LogP contribution in [0.1, 0.15) is 6.92 Å². The summed E-state index contributed by atoms with van der Waals surface area (Å²) in [6.45, 7) is 3.32. The highest BCUT2D eigenvalue weighted by atomic mass is 32.3. The molecule has 0 aliphatic carbocycles. The summed E-state index contributed by atoms with van der Waals surface area (Å²) in [7, 11) is -1.55. The van der Waals surface area contributed by atoms with Gasteiger partial charge in [-0.05, 0) is 6.92 Å². The van der Waals surface area contributed by atoms with Gasteiger partial charge in [0.2, 0.25) is 10.4 Å². The fourth-order valence-electron chi connectivity index (χ4n) is 0. The highest BCUT2D eigenvalue weighted by Crippen LogP contribution is 1.74. The Labute approximate surface area is 61.3 Å². The monoisotopic (exact) mass is 171 g/mol. The van der Waals surface area contributed by atoms with Gasteiger partial charge < -0.3 is 9.87 Å². The normalized spacial score (nSPS) is 10.0. The van der Waals surface area contributed by atoms with Gasteiger partial charge in [-0.3, -0.25) is 4.18 Å². The average molecular weight is 171 g/mol. The second-order valence-electron chi connectivity index (χ2n) is 1.39. The van der Waals surface area contributed by atoms with Gasteiger partial charge in [0.1, 0.15) is 0 Å². The van der Waals surface area contributed by atoms with Crippen LogP contribution in [0, 0.1) is 0 Å². The van der Waals surface area contributed by atoms with Gasteiger partial charge in [0, 0.05) is 0 Å². The molecule has 0 bridgehead atoms. The van der Waals surface area contributed by atoms with E-state index in [1.165, 1.54) is 6.54 Å². The lowest BCUT2D eigenvalue weighted by Gasteiger charge is -1.98. The number of quaternary nitrogens is 1. The molecule has 2 N–H and O–H groups in total. The Balaban J connectivity index is 0. The van der Waals surface area contributed by atoms with Gasteiger partial charge in [0.15, 0.2) is 0 Å². The van der Waals surface area contributed by atoms with Crippen molar-refractivity contribution in [2.45, 2.75) is 6.92 Å². The number of rotatable bonds is 2. The van der Waals surface area contributed by atoms with Gasteiger partial charge >= 0.3 is 0 Å². The molecule has 0 aromatic rings. The van der Waals surface area contributed by atoms with Crippen molar-refractivity contribution in [3.63, 3.8) is 0 Å². The minimum absolute atomic E-state index is 0.808. The Hall–Kier alpha value is -0.170. The summed E-state index contributed by atoms with van der Waals surface area (Å²) < 4.78 is 31.0. The first-order valence-electron chi connectivity index (χ1n) is 2.77. The van der Waals surface area contributed by atoms with Crippen LogP contribution in [0.2, 0.25) is 0 Å². The molecule has 0 saturated heterocycles. The first-order chi connectivity index (χ1) is 4.47. The van der Waals surface area contributed by atoms with Crippen molar-refractivity contribution >= 4 is 10.4 Å². The Kier molecular flexibility index (Phi) is 8.68. The molecule has 0 aliphatic rings. The summed E-state index contributed by atoms with van der Waals surface area (Å²) in [4.78, 5) is 0. The predicted octanol–water partition coefficient (Wildman–Crippen LogP) is -1.71. The number of nitrogens with two attached hydrogens (primary N) is 1. The van der Waals surface area contributed by atoms with Gasteiger partial charge in [0.25, 0.3) is 0 Å². The van der Waals surface area contributed by atoms with Crippen molar-refractivity contribution < 1.29 is 22.5 Å². The summed E-state index contributed by atoms with van der Waals surface area (Å²) in [6.07, 6.45) is 0. The predicted molar refractivity (Wildman–Crippen MR) is 35.1 cm³/mol. The van der Waals surface area contributed by atoms with Crippen LogP contribution in [0.15, 0.2) is 0 Å². The van der Waals surface area contributed by atoms with E-state index in [2.05, 4.69) is 23.5 Å². The first-order valence-corrected chi connectivity index (χ1v) is 4.10. The summed E-state index contributed by atoms with van der Waals surface area (Å²) in [6, 6.07) is 0. The van der Waals surface area contributed by atoms with E-state index >= 15 is 0 Å². The summed E-state index contributed by atoms with van der Waals surface area (Å²) >= 11 is 0. The Morgan fingerprint density at radius 2 is 1.80 bits per heavy atom. The minimum atomic E-state index is -4.41. The van der Waals surface area contributed by atoms with E-state index in [0.717, 1.165) is 7.11 Å². The van der Waals surface area contributed by atoms with E-state index < -0.39 is 10.4 Å². The molecule has 0 rings (SSSR count). The van der Waals surface area contributed by atoms with Crippen LogP contribution in [0.3, 0.4) is 0 Å². The maximum Gasteiger partial charge on any atom is 0.217 e. The van der Waals surface area contributed by atoms with Crippen LogP contribution in [-0.4, -0.2) is 33.7 Å². The zero-order valence-corrected chi connectivity index (χ0v) is 7.14. The molecular weight excluding hydrogens is 158 g/mol. The molecule has 0 unspecified atom stereocenters. The maximum absolute atomic E-state index is 9.22. The molecule has 0 radical (unpaired) electrons. The molecule has 0 fully saturated rings. The average Bonchev–Trinajstić information content (AvgIpc) is 1.87. The quantitative estimate of drug-likeness (QED) is 0.396. The van der Waals surface area contributed by atoms with Crippen LogP contribution >= 0.6 is 0 Å². The second kappa shape index (κ2) is 6.94. The second-order valence-corrected chi connectivity index (χ2v) is 2.54. The molecule has 6 heteroatoms. The van der Waals surface area contributed by atoms with Gasteiger partial charge in [-0.2, -0.15) is 0 Å². The molecule has 0 atom stereocenters. The molecule has 0 aromatic carbocycles. The van der Waals surface area contributed by atoms with E-state index in [9.17, 15) is 13.0 Å². The molecule has 5 nitrogen and oxygen atoms in total. The standard InChI is InChI=1S/C3H9N.CH4O4S/c1-3-4-2;1-5-6(2,3)4/h4H,3H2,1-2H3;1H3,(H,2,3,4). The maximum atomic E-state index is 9.22. The summed E-state index contributed by atoms with van der Waals surface area (Å²) in [5.41, 5.74) is 0. The van der Waals surface area contributed by atoms with Crippen LogP contribution in [0.25, 0.3) is 0 Å². The van der Waals surface area contributed by atoms with E-state index in [0.29, 0.717) is 0 Å². The largest absolute Gasteiger partial charge is 0.726 e. The summed E-state index contributed by atoms with van der Waals surface area (Å²) in [5, 5.41) is 2.12. The molecule has 0 aliphatic heterocycles. The molecular formula is C4H13NO4S. The van der Waals surface area contributed by atoms with Gasteiger partial charge in [-0.1, -0.05) is 0 Å². The van der Waals surface area contributed by atoms with Crippen molar-refractivity contribution in [3.8, 4) is 0 Å². The fourth-order valence-corrected chi connectivity index (χ4v) is 0. The van der Waals surface area contributed by atoms with E-state index in [-0.39, 0.29) is 0 Å². The first kappa shape index (κ1) is 12.5. The number of hydrogen-bond acceptors (Lipinski definition) is 4. The van der Waals surface area contributed by atoms with Crippen LogP contribution in [0.4, 0.5) is 0 Å². The fraction of sp³-hybridized carbons (Fsp3) is 1.00. The highest BCUT2D eigenvalue weighted by molar-refractivity contribution is 7.80. The molecule has 0 spiro atoms. The Morgan fingerprint density at radius 3 is 1.80 bits per heavy atom. The van der Waals surface area contributed by atoms with Crippen molar-refractivity contribution in [3.05, 3.63) is 0 Å². The van der Waals surface area contributed by atoms with Crippen LogP contribution in [-0.2, 0) is 14.6 Å². The van der Waals surface area contributed by atoms with Crippen molar-refractivity contribution in [1.82, 2.24) is 0 Å². The third-order valence-electron chi connectivity index (χ3n) is 0.612. The molecule has 0 amide bonds.